The van der Waals surface area contributed by atoms with Crippen molar-refractivity contribution in [3.8, 4) is 22.8 Å². The maximum absolute atomic E-state index is 12.7. The number of fused-ring (bicyclic) bond motifs is 1. The van der Waals surface area contributed by atoms with Gasteiger partial charge in [0.1, 0.15) is 10.7 Å². The summed E-state index contributed by atoms with van der Waals surface area (Å²) < 4.78 is 1.60. The molecule has 0 amide bonds. The van der Waals surface area contributed by atoms with Crippen LogP contribution in [-0.4, -0.2) is 9.55 Å². The second kappa shape index (κ2) is 5.23. The fraction of sp³-hybridized carbons (Fsp3) is 0.200. The molecule has 0 radical (unpaired) electrons. The molecule has 0 unspecified atom stereocenters. The minimum atomic E-state index is -0.0329. The Morgan fingerprint density at radius 2 is 2.30 bits per heavy atom. The third-order valence-corrected chi connectivity index (χ3v) is 4.90. The second-order valence-electron chi connectivity index (χ2n) is 4.28. The van der Waals surface area contributed by atoms with Gasteiger partial charge in [-0.3, -0.25) is 9.36 Å². The number of thiophene rings is 2. The van der Waals surface area contributed by atoms with Crippen LogP contribution in [0.25, 0.3) is 20.7 Å². The lowest BCUT2D eigenvalue weighted by Crippen LogP contribution is -2.24. The minimum absolute atomic E-state index is 0.0329. The first-order valence-electron chi connectivity index (χ1n) is 6.24. The molecule has 0 aliphatic heterocycles. The first kappa shape index (κ1) is 13.1. The maximum atomic E-state index is 12.7. The molecule has 0 atom stereocenters. The number of hydrogen-bond donors (Lipinski definition) is 0. The molecule has 0 fully saturated rings. The van der Waals surface area contributed by atoms with Gasteiger partial charge in [0.2, 0.25) is 0 Å². The fourth-order valence-electron chi connectivity index (χ4n) is 2.20. The molecule has 3 aromatic rings. The molecule has 3 heterocycles. The topological polar surface area (TPSA) is 34.9 Å². The molecule has 0 saturated heterocycles. The highest BCUT2D eigenvalue weighted by atomic mass is 32.1. The molecule has 20 heavy (non-hydrogen) atoms. The number of aryl methyl sites for hydroxylation is 1. The van der Waals surface area contributed by atoms with Crippen LogP contribution in [0.4, 0.5) is 0 Å². The molecule has 0 N–H and O–H groups in total. The Balaban J connectivity index is 2.36. The van der Waals surface area contributed by atoms with E-state index < -0.39 is 0 Å². The summed E-state index contributed by atoms with van der Waals surface area (Å²) >= 11 is 3.14. The van der Waals surface area contributed by atoms with Gasteiger partial charge in [0.15, 0.2) is 0 Å². The minimum Gasteiger partial charge on any atom is -0.284 e. The molecule has 3 rings (SSSR count). The van der Waals surface area contributed by atoms with Gasteiger partial charge in [-0.25, -0.2) is 4.98 Å². The Kier molecular flexibility index (Phi) is 3.43. The summed E-state index contributed by atoms with van der Waals surface area (Å²) in [5.41, 5.74) is 0.931. The van der Waals surface area contributed by atoms with Crippen molar-refractivity contribution in [1.82, 2.24) is 9.55 Å². The Hall–Kier alpha value is -1.90. The van der Waals surface area contributed by atoms with Gasteiger partial charge in [-0.1, -0.05) is 18.9 Å². The monoisotopic (exact) mass is 300 g/mol. The third-order valence-electron chi connectivity index (χ3n) is 3.13. The van der Waals surface area contributed by atoms with Gasteiger partial charge < -0.3 is 0 Å². The third kappa shape index (κ3) is 1.98. The summed E-state index contributed by atoms with van der Waals surface area (Å²) in [5, 5.41) is 4.70. The van der Waals surface area contributed by atoms with Crippen molar-refractivity contribution in [3.63, 3.8) is 0 Å². The molecule has 5 heteroatoms. The maximum Gasteiger partial charge on any atom is 0.263 e. The van der Waals surface area contributed by atoms with Crippen LogP contribution in [-0.2, 0) is 13.0 Å². The standard InChI is InChI=1S/C15H12N2OS2/c1-3-7-17-12(4-2)16-14-13(15(17)18)10(9-20-14)11-6-5-8-19-11/h1,5-6,8-9H,4,7H2,2H3. The Morgan fingerprint density at radius 3 is 2.95 bits per heavy atom. The zero-order valence-corrected chi connectivity index (χ0v) is 12.6. The van der Waals surface area contributed by atoms with Gasteiger partial charge in [-0.05, 0) is 11.4 Å². The van der Waals surface area contributed by atoms with E-state index in [1.54, 1.807) is 15.9 Å². The van der Waals surface area contributed by atoms with Crippen LogP contribution in [0.5, 0.6) is 0 Å². The molecule has 0 aliphatic rings. The van der Waals surface area contributed by atoms with Crippen molar-refractivity contribution in [2.45, 2.75) is 19.9 Å². The second-order valence-corrected chi connectivity index (χ2v) is 6.09. The van der Waals surface area contributed by atoms with Crippen LogP contribution in [0.1, 0.15) is 12.7 Å². The Bertz CT molecular complexity index is 850. The van der Waals surface area contributed by atoms with E-state index in [4.69, 9.17) is 6.42 Å². The van der Waals surface area contributed by atoms with E-state index in [-0.39, 0.29) is 12.1 Å². The molecule has 3 aromatic heterocycles. The van der Waals surface area contributed by atoms with E-state index in [1.807, 2.05) is 29.8 Å². The first-order valence-corrected chi connectivity index (χ1v) is 8.00. The molecule has 0 aliphatic carbocycles. The quantitative estimate of drug-likeness (QED) is 0.695. The van der Waals surface area contributed by atoms with Gasteiger partial charge in [0.05, 0.1) is 11.9 Å². The van der Waals surface area contributed by atoms with Gasteiger partial charge in [-0.15, -0.1) is 29.1 Å². The first-order chi connectivity index (χ1) is 9.76. The SMILES string of the molecule is C#CCn1c(CC)nc2scc(-c3cccs3)c2c1=O. The summed E-state index contributed by atoms with van der Waals surface area (Å²) in [6.45, 7) is 2.25. The van der Waals surface area contributed by atoms with Crippen LogP contribution < -0.4 is 5.56 Å². The highest BCUT2D eigenvalue weighted by molar-refractivity contribution is 7.18. The van der Waals surface area contributed by atoms with Crippen LogP contribution in [0.2, 0.25) is 0 Å². The fourth-order valence-corrected chi connectivity index (χ4v) is 3.97. The van der Waals surface area contributed by atoms with Gasteiger partial charge in [-0.2, -0.15) is 0 Å². The summed E-state index contributed by atoms with van der Waals surface area (Å²) in [6, 6.07) is 4.00. The summed E-state index contributed by atoms with van der Waals surface area (Å²) in [6.07, 6.45) is 6.07. The number of aromatic nitrogens is 2. The lowest BCUT2D eigenvalue weighted by atomic mass is 10.2. The van der Waals surface area contributed by atoms with Crippen molar-refractivity contribution < 1.29 is 0 Å². The predicted molar refractivity (Wildman–Crippen MR) is 85.4 cm³/mol. The summed E-state index contributed by atoms with van der Waals surface area (Å²) in [5.74, 6) is 3.29. The van der Waals surface area contributed by atoms with Crippen LogP contribution >= 0.6 is 22.7 Å². The molecule has 0 saturated carbocycles. The van der Waals surface area contributed by atoms with Gasteiger partial charge in [0.25, 0.3) is 5.56 Å². The van der Waals surface area contributed by atoms with Crippen molar-refractivity contribution in [3.05, 3.63) is 39.1 Å². The smallest absolute Gasteiger partial charge is 0.263 e. The zero-order valence-electron chi connectivity index (χ0n) is 10.9. The molecule has 3 nitrogen and oxygen atoms in total. The highest BCUT2D eigenvalue weighted by Gasteiger charge is 2.16. The van der Waals surface area contributed by atoms with Crippen molar-refractivity contribution in [2.24, 2.45) is 0 Å². The highest BCUT2D eigenvalue weighted by Crippen LogP contribution is 2.33. The predicted octanol–water partition coefficient (Wildman–Crippen LogP) is 3.38. The molecular weight excluding hydrogens is 288 g/mol. The van der Waals surface area contributed by atoms with Crippen LogP contribution in [0.3, 0.4) is 0 Å². The molecule has 0 aromatic carbocycles. The van der Waals surface area contributed by atoms with Gasteiger partial charge in [0, 0.05) is 22.2 Å². The van der Waals surface area contributed by atoms with Crippen molar-refractivity contribution in [1.29, 1.82) is 0 Å². The van der Waals surface area contributed by atoms with Gasteiger partial charge >= 0.3 is 0 Å². The van der Waals surface area contributed by atoms with Crippen molar-refractivity contribution >= 4 is 32.9 Å². The number of terminal acetylenes is 1. The van der Waals surface area contributed by atoms with E-state index in [1.165, 1.54) is 11.3 Å². The molecule has 0 bridgehead atoms. The van der Waals surface area contributed by atoms with Crippen LogP contribution in [0, 0.1) is 12.3 Å². The summed E-state index contributed by atoms with van der Waals surface area (Å²) in [4.78, 5) is 19.2. The average Bonchev–Trinajstić information content (AvgIpc) is 3.09. The molecule has 0 spiro atoms. The van der Waals surface area contributed by atoms with Crippen LogP contribution in [0.15, 0.2) is 27.7 Å². The normalized spacial score (nSPS) is 10.8. The lowest BCUT2D eigenvalue weighted by molar-refractivity contribution is 0.712. The van der Waals surface area contributed by atoms with E-state index in [0.717, 1.165) is 21.1 Å². The summed E-state index contributed by atoms with van der Waals surface area (Å²) in [7, 11) is 0. The Morgan fingerprint density at radius 1 is 1.45 bits per heavy atom. The number of nitrogens with zero attached hydrogens (tertiary/aromatic N) is 2. The zero-order chi connectivity index (χ0) is 14.1. The molecular formula is C15H12N2OS2. The van der Waals surface area contributed by atoms with Crippen molar-refractivity contribution in [2.75, 3.05) is 0 Å². The number of rotatable bonds is 3. The van der Waals surface area contributed by atoms with E-state index in [2.05, 4.69) is 10.9 Å². The van der Waals surface area contributed by atoms with E-state index >= 15 is 0 Å². The number of hydrogen-bond acceptors (Lipinski definition) is 4. The largest absolute Gasteiger partial charge is 0.284 e. The van der Waals surface area contributed by atoms with E-state index in [0.29, 0.717) is 11.8 Å². The molecule has 100 valence electrons. The lowest BCUT2D eigenvalue weighted by Gasteiger charge is -2.08. The average molecular weight is 300 g/mol. The van der Waals surface area contributed by atoms with E-state index in [9.17, 15) is 4.79 Å². The Labute approximate surface area is 124 Å².